The number of hydrogen-bond acceptors (Lipinski definition) is 4. The van der Waals surface area contributed by atoms with Gasteiger partial charge in [0, 0.05) is 32.4 Å². The first-order valence-electron chi connectivity index (χ1n) is 10.1. The maximum atomic E-state index is 12.4. The summed E-state index contributed by atoms with van der Waals surface area (Å²) in [4.78, 5) is 6.99. The molecule has 2 aromatic rings. The van der Waals surface area contributed by atoms with Gasteiger partial charge in [-0.3, -0.25) is 4.99 Å². The third-order valence-electron chi connectivity index (χ3n) is 5.18. The van der Waals surface area contributed by atoms with Gasteiger partial charge in [0.25, 0.3) is 0 Å². The van der Waals surface area contributed by atoms with Crippen LogP contribution < -0.4 is 15.5 Å². The van der Waals surface area contributed by atoms with Crippen LogP contribution in [-0.4, -0.2) is 46.8 Å². The minimum Gasteiger partial charge on any atom is -0.372 e. The number of aliphatic imine (C=N–C) groups is 1. The topological polar surface area (TPSA) is 73.8 Å². The summed E-state index contributed by atoms with van der Waals surface area (Å²) < 4.78 is 24.8. The zero-order chi connectivity index (χ0) is 20.7. The molecule has 2 aromatic carbocycles. The molecule has 0 spiro atoms. The molecule has 3 rings (SSSR count). The van der Waals surface area contributed by atoms with E-state index in [0.29, 0.717) is 10.9 Å². The molecule has 156 valence electrons. The van der Waals surface area contributed by atoms with E-state index in [-0.39, 0.29) is 18.3 Å². The van der Waals surface area contributed by atoms with E-state index in [1.165, 1.54) is 24.1 Å². The van der Waals surface area contributed by atoms with Crippen molar-refractivity contribution >= 4 is 21.5 Å². The van der Waals surface area contributed by atoms with E-state index in [1.54, 1.807) is 31.3 Å². The maximum absolute atomic E-state index is 12.4. The summed E-state index contributed by atoms with van der Waals surface area (Å²) in [7, 11) is -1.62. The van der Waals surface area contributed by atoms with Gasteiger partial charge >= 0.3 is 0 Å². The van der Waals surface area contributed by atoms with Crippen LogP contribution in [0.15, 0.2) is 64.5 Å². The summed E-state index contributed by atoms with van der Waals surface area (Å²) in [6.07, 6.45) is 2.50. The maximum Gasteiger partial charge on any atom is 0.191 e. The first-order valence-corrected chi connectivity index (χ1v) is 11.7. The van der Waals surface area contributed by atoms with Crippen LogP contribution in [0.3, 0.4) is 0 Å². The van der Waals surface area contributed by atoms with Crippen molar-refractivity contribution in [3.63, 3.8) is 0 Å². The average Bonchev–Trinajstić information content (AvgIpc) is 3.28. The molecule has 0 amide bonds. The number of benzene rings is 2. The second-order valence-corrected chi connectivity index (χ2v) is 9.40. The molecule has 0 bridgehead atoms. The number of nitrogens with one attached hydrogen (secondary N) is 2. The predicted molar refractivity (Wildman–Crippen MR) is 119 cm³/mol. The number of sulfone groups is 1. The minimum atomic E-state index is -3.31. The van der Waals surface area contributed by atoms with Crippen LogP contribution in [0.25, 0.3) is 0 Å². The SMILES string of the molecule is CN=C(NCCS(=O)(=O)c1ccccc1)NC(C)c1cccc(N2CCCC2)c1. The first-order chi connectivity index (χ1) is 14.0. The van der Waals surface area contributed by atoms with Crippen LogP contribution in [0.2, 0.25) is 0 Å². The Hall–Kier alpha value is -2.54. The number of nitrogens with zero attached hydrogens (tertiary/aromatic N) is 2. The molecule has 7 heteroatoms. The second kappa shape index (κ2) is 9.78. The first kappa shape index (κ1) is 21.2. The minimum absolute atomic E-state index is 0.0105. The third kappa shape index (κ3) is 5.73. The molecule has 1 aliphatic rings. The zero-order valence-electron chi connectivity index (χ0n) is 17.1. The lowest BCUT2D eigenvalue weighted by atomic mass is 10.1. The molecule has 2 N–H and O–H groups in total. The Morgan fingerprint density at radius 3 is 2.52 bits per heavy atom. The summed E-state index contributed by atoms with van der Waals surface area (Å²) in [5.41, 5.74) is 2.43. The Morgan fingerprint density at radius 1 is 1.10 bits per heavy atom. The Kier molecular flexibility index (Phi) is 7.14. The Labute approximate surface area is 174 Å². The van der Waals surface area contributed by atoms with Crippen molar-refractivity contribution in [3.8, 4) is 0 Å². The summed E-state index contributed by atoms with van der Waals surface area (Å²) >= 11 is 0. The van der Waals surface area contributed by atoms with Gasteiger partial charge in [-0.2, -0.15) is 0 Å². The van der Waals surface area contributed by atoms with E-state index in [9.17, 15) is 8.42 Å². The van der Waals surface area contributed by atoms with Gasteiger partial charge in [0.1, 0.15) is 0 Å². The number of guanidine groups is 1. The fraction of sp³-hybridized carbons (Fsp3) is 0.409. The zero-order valence-corrected chi connectivity index (χ0v) is 18.0. The van der Waals surface area contributed by atoms with Gasteiger partial charge in [-0.05, 0) is 49.6 Å². The number of anilines is 1. The molecule has 1 heterocycles. The van der Waals surface area contributed by atoms with Crippen molar-refractivity contribution in [1.29, 1.82) is 0 Å². The molecule has 0 aromatic heterocycles. The normalized spacial score (nSPS) is 15.9. The van der Waals surface area contributed by atoms with Crippen LogP contribution >= 0.6 is 0 Å². The van der Waals surface area contributed by atoms with E-state index in [4.69, 9.17) is 0 Å². The quantitative estimate of drug-likeness (QED) is 0.538. The van der Waals surface area contributed by atoms with Crippen molar-refractivity contribution in [1.82, 2.24) is 10.6 Å². The number of hydrogen-bond donors (Lipinski definition) is 2. The standard InChI is InChI=1S/C22H30N4O2S/c1-18(19-9-8-10-20(17-19)26-14-6-7-15-26)25-22(23-2)24-13-16-29(27,28)21-11-4-3-5-12-21/h3-5,8-12,17-18H,6-7,13-16H2,1-2H3,(H2,23,24,25). The van der Waals surface area contributed by atoms with Crippen molar-refractivity contribution in [2.75, 3.05) is 37.3 Å². The van der Waals surface area contributed by atoms with E-state index in [0.717, 1.165) is 13.1 Å². The van der Waals surface area contributed by atoms with E-state index in [1.807, 2.05) is 6.07 Å². The molecule has 0 aliphatic carbocycles. The molecule has 0 radical (unpaired) electrons. The van der Waals surface area contributed by atoms with Gasteiger partial charge < -0.3 is 15.5 Å². The molecule has 1 atom stereocenters. The number of rotatable bonds is 7. The Balaban J connectivity index is 1.55. The van der Waals surface area contributed by atoms with Gasteiger partial charge in [-0.25, -0.2) is 8.42 Å². The Bertz CT molecular complexity index is 923. The molecule has 6 nitrogen and oxygen atoms in total. The molecular formula is C22H30N4O2S. The molecule has 29 heavy (non-hydrogen) atoms. The molecule has 1 aliphatic heterocycles. The van der Waals surface area contributed by atoms with Crippen molar-refractivity contribution < 1.29 is 8.42 Å². The molecule has 1 fully saturated rings. The smallest absolute Gasteiger partial charge is 0.191 e. The third-order valence-corrected chi connectivity index (χ3v) is 6.92. The van der Waals surface area contributed by atoms with E-state index >= 15 is 0 Å². The molecule has 0 saturated carbocycles. The summed E-state index contributed by atoms with van der Waals surface area (Å²) in [5, 5.41) is 6.47. The highest BCUT2D eigenvalue weighted by molar-refractivity contribution is 7.91. The van der Waals surface area contributed by atoms with E-state index < -0.39 is 9.84 Å². The van der Waals surface area contributed by atoms with Crippen LogP contribution in [-0.2, 0) is 9.84 Å². The van der Waals surface area contributed by atoms with Crippen molar-refractivity contribution in [2.24, 2.45) is 4.99 Å². The largest absolute Gasteiger partial charge is 0.372 e. The lowest BCUT2D eigenvalue weighted by Crippen LogP contribution is -2.40. The summed E-state index contributed by atoms with van der Waals surface area (Å²) in [6.45, 7) is 4.60. The van der Waals surface area contributed by atoms with Crippen molar-refractivity contribution in [3.05, 3.63) is 60.2 Å². The molecular weight excluding hydrogens is 384 g/mol. The van der Waals surface area contributed by atoms with Gasteiger partial charge in [0.2, 0.25) is 0 Å². The predicted octanol–water partition coefficient (Wildman–Crippen LogP) is 2.99. The highest BCUT2D eigenvalue weighted by Crippen LogP contribution is 2.23. The molecule has 1 saturated heterocycles. The average molecular weight is 415 g/mol. The van der Waals surface area contributed by atoms with Crippen LogP contribution in [0.5, 0.6) is 0 Å². The fourth-order valence-corrected chi connectivity index (χ4v) is 4.68. The van der Waals surface area contributed by atoms with E-state index in [2.05, 4.69) is 51.7 Å². The van der Waals surface area contributed by atoms with Gasteiger partial charge in [-0.1, -0.05) is 30.3 Å². The van der Waals surface area contributed by atoms with Gasteiger partial charge in [-0.15, -0.1) is 0 Å². The van der Waals surface area contributed by atoms with Crippen LogP contribution in [0.4, 0.5) is 5.69 Å². The van der Waals surface area contributed by atoms with Crippen LogP contribution in [0, 0.1) is 0 Å². The summed E-state index contributed by atoms with van der Waals surface area (Å²) in [5.74, 6) is 0.601. The van der Waals surface area contributed by atoms with Crippen LogP contribution in [0.1, 0.15) is 31.4 Å². The summed E-state index contributed by atoms with van der Waals surface area (Å²) in [6, 6.07) is 17.1. The van der Waals surface area contributed by atoms with Crippen molar-refractivity contribution in [2.45, 2.75) is 30.7 Å². The monoisotopic (exact) mass is 414 g/mol. The lowest BCUT2D eigenvalue weighted by molar-refractivity contribution is 0.594. The Morgan fingerprint density at radius 2 is 1.83 bits per heavy atom. The second-order valence-electron chi connectivity index (χ2n) is 7.29. The van der Waals surface area contributed by atoms with Gasteiger partial charge in [0.05, 0.1) is 16.7 Å². The van der Waals surface area contributed by atoms with Gasteiger partial charge in [0.15, 0.2) is 15.8 Å². The molecule has 1 unspecified atom stereocenters. The lowest BCUT2D eigenvalue weighted by Gasteiger charge is -2.22. The highest BCUT2D eigenvalue weighted by Gasteiger charge is 2.16. The fourth-order valence-electron chi connectivity index (χ4n) is 3.50. The highest BCUT2D eigenvalue weighted by atomic mass is 32.2.